The molecule has 4 rings (SSSR count). The molecular formula is C27H20Cl2N2O5. The normalized spacial score (nSPS) is 14.9. The van der Waals surface area contributed by atoms with E-state index in [4.69, 9.17) is 37.1 Å². The van der Waals surface area contributed by atoms with Crippen molar-refractivity contribution in [2.75, 3.05) is 7.11 Å². The third kappa shape index (κ3) is 5.15. The fraction of sp³-hybridized carbons (Fsp3) is 0.148. The highest BCUT2D eigenvalue weighted by Gasteiger charge is 2.36. The van der Waals surface area contributed by atoms with E-state index in [1.54, 1.807) is 61.5 Å². The summed E-state index contributed by atoms with van der Waals surface area (Å²) < 4.78 is 16.7. The SMILES string of the molecule is COc1cc(/C=C2/C(=O)N(Cc3ccco3)C(=O)C(C#N)=C2C)ccc1OCc1ccc(Cl)cc1Cl. The van der Waals surface area contributed by atoms with Gasteiger partial charge in [0.15, 0.2) is 11.5 Å². The topological polar surface area (TPSA) is 92.8 Å². The van der Waals surface area contributed by atoms with E-state index in [9.17, 15) is 14.9 Å². The fourth-order valence-electron chi connectivity index (χ4n) is 3.69. The molecule has 0 fully saturated rings. The highest BCUT2D eigenvalue weighted by Crippen LogP contribution is 2.33. The van der Waals surface area contributed by atoms with Crippen molar-refractivity contribution in [3.63, 3.8) is 0 Å². The largest absolute Gasteiger partial charge is 0.493 e. The van der Waals surface area contributed by atoms with Crippen LogP contribution < -0.4 is 9.47 Å². The molecule has 3 aromatic rings. The summed E-state index contributed by atoms with van der Waals surface area (Å²) in [5, 5.41) is 10.6. The Hall–Kier alpha value is -3.99. The second-order valence-electron chi connectivity index (χ2n) is 7.88. The summed E-state index contributed by atoms with van der Waals surface area (Å²) >= 11 is 12.2. The average Bonchev–Trinajstić information content (AvgIpc) is 3.38. The van der Waals surface area contributed by atoms with Gasteiger partial charge >= 0.3 is 0 Å². The summed E-state index contributed by atoms with van der Waals surface area (Å²) in [5.41, 5.74) is 1.81. The van der Waals surface area contributed by atoms with Crippen LogP contribution in [-0.2, 0) is 22.7 Å². The minimum atomic E-state index is -0.657. The Bertz CT molecular complexity index is 1430. The Balaban J connectivity index is 1.63. The van der Waals surface area contributed by atoms with E-state index in [2.05, 4.69) is 0 Å². The summed E-state index contributed by atoms with van der Waals surface area (Å²) in [6.45, 7) is 1.70. The number of ether oxygens (including phenoxy) is 2. The molecule has 1 aliphatic rings. The first-order chi connectivity index (χ1) is 17.3. The zero-order chi connectivity index (χ0) is 25.8. The van der Waals surface area contributed by atoms with Crippen LogP contribution in [0.15, 0.2) is 75.9 Å². The van der Waals surface area contributed by atoms with Crippen molar-refractivity contribution < 1.29 is 23.5 Å². The maximum Gasteiger partial charge on any atom is 0.272 e. The number of carbonyl (C=O) groups is 2. The van der Waals surface area contributed by atoms with Crippen LogP contribution in [0.3, 0.4) is 0 Å². The first-order valence-corrected chi connectivity index (χ1v) is 11.5. The molecule has 0 aliphatic carbocycles. The van der Waals surface area contributed by atoms with Gasteiger partial charge in [-0.1, -0.05) is 35.3 Å². The highest BCUT2D eigenvalue weighted by molar-refractivity contribution is 6.35. The maximum absolute atomic E-state index is 13.2. The van der Waals surface area contributed by atoms with Gasteiger partial charge in [-0.3, -0.25) is 14.5 Å². The molecule has 0 saturated carbocycles. The minimum absolute atomic E-state index is 0.0795. The predicted octanol–water partition coefficient (Wildman–Crippen LogP) is 5.97. The van der Waals surface area contributed by atoms with E-state index in [0.717, 1.165) is 10.5 Å². The number of rotatable bonds is 7. The van der Waals surface area contributed by atoms with Gasteiger partial charge in [-0.05, 0) is 60.5 Å². The van der Waals surface area contributed by atoms with Crippen molar-refractivity contribution in [2.24, 2.45) is 0 Å². The third-order valence-electron chi connectivity index (χ3n) is 5.62. The van der Waals surface area contributed by atoms with Crippen LogP contribution in [0.5, 0.6) is 11.5 Å². The lowest BCUT2D eigenvalue weighted by molar-refractivity contribution is -0.141. The molecule has 2 heterocycles. The molecule has 0 spiro atoms. The molecule has 2 amide bonds. The van der Waals surface area contributed by atoms with E-state index >= 15 is 0 Å². The molecule has 0 radical (unpaired) electrons. The molecule has 0 bridgehead atoms. The average molecular weight is 523 g/mol. The van der Waals surface area contributed by atoms with Gasteiger partial charge in [0.05, 0.1) is 19.9 Å². The molecule has 1 aromatic heterocycles. The number of imide groups is 1. The van der Waals surface area contributed by atoms with Gasteiger partial charge in [-0.2, -0.15) is 5.26 Å². The zero-order valence-electron chi connectivity index (χ0n) is 19.4. The van der Waals surface area contributed by atoms with Crippen LogP contribution >= 0.6 is 23.2 Å². The number of halogens is 2. The van der Waals surface area contributed by atoms with Crippen LogP contribution in [0.25, 0.3) is 6.08 Å². The van der Waals surface area contributed by atoms with Crippen molar-refractivity contribution in [2.45, 2.75) is 20.1 Å². The molecular weight excluding hydrogens is 503 g/mol. The van der Waals surface area contributed by atoms with Crippen molar-refractivity contribution in [3.05, 3.63) is 98.4 Å². The lowest BCUT2D eigenvalue weighted by Gasteiger charge is -2.26. The van der Waals surface area contributed by atoms with Crippen molar-refractivity contribution in [3.8, 4) is 17.6 Å². The summed E-state index contributed by atoms with van der Waals surface area (Å²) in [4.78, 5) is 27.0. The quantitative estimate of drug-likeness (QED) is 0.280. The number of hydrogen-bond acceptors (Lipinski definition) is 6. The van der Waals surface area contributed by atoms with Crippen molar-refractivity contribution >= 4 is 41.1 Å². The van der Waals surface area contributed by atoms with Crippen molar-refractivity contribution in [1.29, 1.82) is 5.26 Å². The highest BCUT2D eigenvalue weighted by atomic mass is 35.5. The molecule has 36 heavy (non-hydrogen) atoms. The monoisotopic (exact) mass is 522 g/mol. The second kappa shape index (κ2) is 10.7. The first kappa shape index (κ1) is 25.1. The van der Waals surface area contributed by atoms with Crippen LogP contribution in [0, 0.1) is 11.3 Å². The molecule has 182 valence electrons. The van der Waals surface area contributed by atoms with Gasteiger partial charge in [0.2, 0.25) is 0 Å². The number of nitrogens with zero attached hydrogens (tertiary/aromatic N) is 2. The molecule has 9 heteroatoms. The number of hydrogen-bond donors (Lipinski definition) is 0. The lowest BCUT2D eigenvalue weighted by atomic mass is 9.93. The van der Waals surface area contributed by atoms with E-state index in [0.29, 0.717) is 38.4 Å². The molecule has 0 N–H and O–H groups in total. The van der Waals surface area contributed by atoms with Gasteiger partial charge in [0.25, 0.3) is 11.8 Å². The molecule has 1 aliphatic heterocycles. The molecule has 0 atom stereocenters. The van der Waals surface area contributed by atoms with Gasteiger partial charge in [0, 0.05) is 21.2 Å². The van der Waals surface area contributed by atoms with E-state index in [1.807, 2.05) is 6.07 Å². The number of furan rings is 1. The van der Waals surface area contributed by atoms with Gasteiger partial charge in [-0.15, -0.1) is 0 Å². The molecule has 0 saturated heterocycles. The maximum atomic E-state index is 13.2. The Labute approximate surface area is 217 Å². The number of carbonyl (C=O) groups excluding carboxylic acids is 2. The Morgan fingerprint density at radius 2 is 1.89 bits per heavy atom. The molecule has 7 nitrogen and oxygen atoms in total. The lowest BCUT2D eigenvalue weighted by Crippen LogP contribution is -2.42. The van der Waals surface area contributed by atoms with Gasteiger partial charge in [-0.25, -0.2) is 0 Å². The van der Waals surface area contributed by atoms with Gasteiger partial charge in [0.1, 0.15) is 24.0 Å². The van der Waals surface area contributed by atoms with E-state index in [-0.39, 0.29) is 24.3 Å². The Kier molecular flexibility index (Phi) is 7.49. The molecule has 2 aromatic carbocycles. The zero-order valence-corrected chi connectivity index (χ0v) is 20.9. The Morgan fingerprint density at radius 3 is 2.56 bits per heavy atom. The summed E-state index contributed by atoms with van der Waals surface area (Å²) in [7, 11) is 1.50. The first-order valence-electron chi connectivity index (χ1n) is 10.8. The number of nitriles is 1. The number of benzene rings is 2. The van der Waals surface area contributed by atoms with E-state index in [1.165, 1.54) is 13.4 Å². The van der Waals surface area contributed by atoms with Crippen LogP contribution in [0.2, 0.25) is 10.0 Å². The van der Waals surface area contributed by atoms with E-state index < -0.39 is 11.8 Å². The van der Waals surface area contributed by atoms with Crippen molar-refractivity contribution in [1.82, 2.24) is 4.90 Å². The minimum Gasteiger partial charge on any atom is -0.493 e. The Morgan fingerprint density at radius 1 is 1.08 bits per heavy atom. The number of amides is 2. The fourth-order valence-corrected chi connectivity index (χ4v) is 4.15. The van der Waals surface area contributed by atoms with Crippen LogP contribution in [-0.4, -0.2) is 23.8 Å². The number of methoxy groups -OCH3 is 1. The summed E-state index contributed by atoms with van der Waals surface area (Å²) in [6, 6.07) is 15.5. The smallest absolute Gasteiger partial charge is 0.272 e. The van der Waals surface area contributed by atoms with Crippen LogP contribution in [0.1, 0.15) is 23.8 Å². The predicted molar refractivity (Wildman–Crippen MR) is 134 cm³/mol. The molecule has 0 unspecified atom stereocenters. The third-order valence-corrected chi connectivity index (χ3v) is 6.20. The summed E-state index contributed by atoms with van der Waals surface area (Å²) in [5.74, 6) is 0.153. The standard InChI is InChI=1S/C27H20Cl2N2O5/c1-16-21(26(32)31(27(33)22(16)13-30)14-20-4-3-9-35-20)10-17-5-8-24(25(11-17)34-2)36-15-18-6-7-19(28)12-23(18)29/h3-12H,14-15H2,1-2H3/b21-10+. The van der Waals surface area contributed by atoms with Crippen LogP contribution in [0.4, 0.5) is 0 Å². The second-order valence-corrected chi connectivity index (χ2v) is 8.72. The summed E-state index contributed by atoms with van der Waals surface area (Å²) in [6.07, 6.45) is 3.06. The van der Waals surface area contributed by atoms with Gasteiger partial charge < -0.3 is 13.9 Å².